The molecule has 25 nitrogen and oxygen atoms in total. The number of carbonyl (C=O) groups excluding carboxylic acids is 5. The first kappa shape index (κ1) is 65.2. The van der Waals surface area contributed by atoms with Gasteiger partial charge in [-0.2, -0.15) is 0 Å². The molecule has 2 unspecified atom stereocenters. The summed E-state index contributed by atoms with van der Waals surface area (Å²) >= 11 is 0. The van der Waals surface area contributed by atoms with E-state index in [0.717, 1.165) is 10.5 Å². The molecule has 5 rings (SSSR count). The van der Waals surface area contributed by atoms with Crippen LogP contribution in [-0.2, 0) is 62.5 Å². The van der Waals surface area contributed by atoms with Gasteiger partial charge >= 0.3 is 12.1 Å². The van der Waals surface area contributed by atoms with Gasteiger partial charge in [0.2, 0.25) is 29.9 Å². The third-order valence-electron chi connectivity index (χ3n) is 15.5. The smallest absolute Gasteiger partial charge is 0.410 e. The van der Waals surface area contributed by atoms with Gasteiger partial charge in [-0.05, 0) is 59.9 Å². The highest BCUT2D eigenvalue weighted by atomic mass is 16.7. The molecule has 14 atom stereocenters. The number of azide groups is 1. The van der Waals surface area contributed by atoms with E-state index >= 15 is 0 Å². The van der Waals surface area contributed by atoms with Crippen molar-refractivity contribution >= 4 is 46.7 Å². The summed E-state index contributed by atoms with van der Waals surface area (Å²) in [7, 11) is 5.91. The summed E-state index contributed by atoms with van der Waals surface area (Å²) < 4.78 is 35.1. The first-order valence-electron chi connectivity index (χ1n) is 27.4. The third kappa shape index (κ3) is 15.9. The zero-order valence-corrected chi connectivity index (χ0v) is 48.0. The molecule has 25 heteroatoms. The Labute approximate surface area is 471 Å². The first-order valence-corrected chi connectivity index (χ1v) is 27.4. The van der Waals surface area contributed by atoms with Crippen LogP contribution in [0, 0.1) is 23.7 Å². The molecule has 3 heterocycles. The molecular weight excluding hydrogens is 1060 g/mol. The molecule has 3 aromatic rings. The molecule has 448 valence electrons. The van der Waals surface area contributed by atoms with Gasteiger partial charge in [-0.25, -0.2) is 9.59 Å². The number of aliphatic hydroxyl groups is 4. The number of hydrogen-bond acceptors (Lipinski definition) is 17. The Morgan fingerprint density at radius 1 is 0.901 bits per heavy atom. The van der Waals surface area contributed by atoms with Crippen molar-refractivity contribution in [1.29, 1.82) is 0 Å². The second-order valence-electron chi connectivity index (χ2n) is 21.6. The van der Waals surface area contributed by atoms with Crippen LogP contribution in [0.15, 0.2) is 58.1 Å². The molecule has 1 aromatic heterocycles. The summed E-state index contributed by atoms with van der Waals surface area (Å²) in [5.74, 6) is -4.85. The van der Waals surface area contributed by atoms with E-state index in [2.05, 4.69) is 20.7 Å². The first-order chi connectivity index (χ1) is 38.4. The Hall–Kier alpha value is -6.57. The number of carbonyl (C=O) groups is 6. The maximum Gasteiger partial charge on any atom is 0.410 e. The molecule has 81 heavy (non-hydrogen) atoms. The predicted octanol–water partition coefficient (Wildman–Crippen LogP) is 3.89. The maximum atomic E-state index is 14.8. The van der Waals surface area contributed by atoms with Gasteiger partial charge in [-0.1, -0.05) is 90.3 Å². The van der Waals surface area contributed by atoms with Gasteiger partial charge in [0.1, 0.15) is 66.2 Å². The monoisotopic (exact) mass is 1140 g/mol. The number of nitrogens with one attached hydrogen (secondary N) is 2. The second kappa shape index (κ2) is 29.9. The van der Waals surface area contributed by atoms with Gasteiger partial charge in [0, 0.05) is 51.8 Å². The van der Waals surface area contributed by atoms with Crippen LogP contribution in [0.1, 0.15) is 91.0 Å². The Balaban J connectivity index is 1.28. The van der Waals surface area contributed by atoms with E-state index in [1.807, 2.05) is 19.9 Å². The van der Waals surface area contributed by atoms with Gasteiger partial charge in [0.05, 0.1) is 55.2 Å². The van der Waals surface area contributed by atoms with Crippen molar-refractivity contribution in [3.63, 3.8) is 0 Å². The Bertz CT molecular complexity index is 2650. The number of aliphatic hydroxyl groups excluding tert-OH is 4. The van der Waals surface area contributed by atoms with Crippen LogP contribution in [0.3, 0.4) is 0 Å². The van der Waals surface area contributed by atoms with Crippen molar-refractivity contribution < 1.29 is 82.4 Å². The summed E-state index contributed by atoms with van der Waals surface area (Å²) in [5.41, 5.74) is 10.2. The summed E-state index contributed by atoms with van der Waals surface area (Å²) in [5, 5.41) is 60.3. The number of carboxylic acids is 1. The number of aliphatic carboxylic acids is 1. The number of furan rings is 1. The lowest BCUT2D eigenvalue weighted by molar-refractivity contribution is -0.277. The zero-order chi connectivity index (χ0) is 60.0. The van der Waals surface area contributed by atoms with E-state index < -0.39 is 134 Å². The number of likely N-dealkylation sites (N-methyl/N-ethyl adjacent to an activating group) is 2. The number of likely N-dealkylation sites (tertiary alicyclic amines) is 1. The van der Waals surface area contributed by atoms with Crippen LogP contribution in [0.4, 0.5) is 4.79 Å². The highest BCUT2D eigenvalue weighted by Gasteiger charge is 2.46. The fourth-order valence-electron chi connectivity index (χ4n) is 10.8. The Kier molecular flexibility index (Phi) is 24.1. The predicted molar refractivity (Wildman–Crippen MR) is 293 cm³/mol. The Morgan fingerprint density at radius 3 is 2.19 bits per heavy atom. The van der Waals surface area contributed by atoms with Crippen molar-refractivity contribution in [2.75, 3.05) is 41.5 Å². The minimum atomic E-state index is -1.72. The van der Waals surface area contributed by atoms with Crippen molar-refractivity contribution in [3.05, 3.63) is 75.9 Å². The molecule has 0 bridgehead atoms. The zero-order valence-electron chi connectivity index (χ0n) is 48.0. The van der Waals surface area contributed by atoms with Crippen LogP contribution in [0.2, 0.25) is 0 Å². The summed E-state index contributed by atoms with van der Waals surface area (Å²) in [6, 6.07) is 8.77. The number of methoxy groups -OCH3 is 2. The lowest BCUT2D eigenvalue weighted by Crippen LogP contribution is -2.60. The molecule has 0 radical (unpaired) electrons. The SMILES string of the molecule is CCC(C)[C@@H]([C@@H](CC(=O)N1CCC[C@H]1[C@H](OC)[C@@H](C)C(=O)NC(Cc1ccccc1)C(=O)O)OC)N(C)C(=O)[C@@H](NC(=O)[C@H](C(C)C)N(C)C(=O)OCc1ccc(O[C@@H]2O[C@H](CO)[C@H](O)[C@H](O)[C@H]2O)c2cc(CN=[N+]=[N-])oc12)C(C)C. The number of benzene rings is 2. The van der Waals surface area contributed by atoms with Gasteiger partial charge in [-0.15, -0.1) is 0 Å². The fraction of sp³-hybridized carbons (Fsp3) is 0.643. The van der Waals surface area contributed by atoms with Gasteiger partial charge < -0.3 is 74.1 Å². The highest BCUT2D eigenvalue weighted by Crippen LogP contribution is 2.36. The third-order valence-corrected chi connectivity index (χ3v) is 15.5. The molecule has 0 spiro atoms. The van der Waals surface area contributed by atoms with E-state index in [1.54, 1.807) is 70.8 Å². The number of rotatable bonds is 28. The quantitative estimate of drug-likeness (QED) is 0.0308. The molecule has 2 aromatic carbocycles. The van der Waals surface area contributed by atoms with E-state index in [4.69, 9.17) is 33.6 Å². The Morgan fingerprint density at radius 2 is 1.59 bits per heavy atom. The number of carboxylic acid groups (broad SMARTS) is 1. The van der Waals surface area contributed by atoms with E-state index in [9.17, 15) is 54.3 Å². The molecule has 2 aliphatic heterocycles. The van der Waals surface area contributed by atoms with Gasteiger partial charge in [-0.3, -0.25) is 24.1 Å². The number of amides is 5. The normalized spacial score (nSPS) is 22.1. The van der Waals surface area contributed by atoms with Crippen molar-refractivity contribution in [2.24, 2.45) is 28.8 Å². The lowest BCUT2D eigenvalue weighted by Gasteiger charge is -2.41. The lowest BCUT2D eigenvalue weighted by atomic mass is 9.89. The number of ether oxygens (including phenoxy) is 5. The average molecular weight is 1140 g/mol. The van der Waals surface area contributed by atoms with Gasteiger partial charge in [0.15, 0.2) is 0 Å². The number of hydrogen-bond donors (Lipinski definition) is 7. The largest absolute Gasteiger partial charge is 0.480 e. The molecule has 5 amide bonds. The molecule has 7 N–H and O–H groups in total. The van der Waals surface area contributed by atoms with E-state index in [1.165, 1.54) is 44.4 Å². The van der Waals surface area contributed by atoms with Crippen LogP contribution in [0.5, 0.6) is 5.75 Å². The van der Waals surface area contributed by atoms with E-state index in [-0.39, 0.29) is 53.7 Å². The molecule has 0 saturated carbocycles. The van der Waals surface area contributed by atoms with Crippen LogP contribution in [0.25, 0.3) is 21.4 Å². The fourth-order valence-corrected chi connectivity index (χ4v) is 10.8. The molecular formula is C56H82N8O17. The van der Waals surface area contributed by atoms with Crippen LogP contribution in [-0.4, -0.2) is 191 Å². The highest BCUT2D eigenvalue weighted by molar-refractivity contribution is 5.92. The molecule has 0 aliphatic carbocycles. The average Bonchev–Trinajstić information content (AvgIpc) is 4.17. The maximum absolute atomic E-state index is 14.8. The van der Waals surface area contributed by atoms with Gasteiger partial charge in [0.25, 0.3) is 0 Å². The van der Waals surface area contributed by atoms with Crippen LogP contribution >= 0.6 is 0 Å². The van der Waals surface area contributed by atoms with Crippen molar-refractivity contribution in [1.82, 2.24) is 25.3 Å². The van der Waals surface area contributed by atoms with Crippen molar-refractivity contribution in [3.8, 4) is 5.75 Å². The molecule has 2 saturated heterocycles. The van der Waals surface area contributed by atoms with E-state index in [0.29, 0.717) is 31.4 Å². The standard InChI is InChI=1S/C56H82N8O17/c1-12-31(6)45(40(76-10)25-42(66)64-22-16-19-38(64)49(77-11)32(7)51(70)59-37(54(73)74)23-33-17-14-13-15-18-33)62(8)53(72)43(29(2)3)60-52(71)44(30(4)5)63(9)56(75)78-28-34-20-21-39(36-24-35(26-58-61-57)79-50(34)36)80-55-48(69)47(68)46(67)41(27-65)81-55/h13-15,17-18,20-21,24,29-32,37-38,40-41,43-49,55,65,67-69H,12,16,19,22-23,25-28H2,1-11H3,(H,59,70)(H,60,71)(H,73,74)/t31?,32-,37?,38+,40-,41-,43+,44+,45+,46+,47+,48-,49-,55-/m1/s1. The van der Waals surface area contributed by atoms with Crippen LogP contribution < -0.4 is 15.4 Å². The minimum absolute atomic E-state index is 0.0621. The number of nitrogens with zero attached hydrogens (tertiary/aromatic N) is 6. The topological polar surface area (TPSA) is 345 Å². The second-order valence-corrected chi connectivity index (χ2v) is 21.6. The minimum Gasteiger partial charge on any atom is -0.480 e. The van der Waals surface area contributed by atoms with Crippen molar-refractivity contribution in [2.45, 2.75) is 167 Å². The molecule has 2 aliphatic rings. The summed E-state index contributed by atoms with van der Waals surface area (Å²) in [6.07, 6.45) is -8.68. The molecule has 2 fully saturated rings. The summed E-state index contributed by atoms with van der Waals surface area (Å²) in [4.78, 5) is 90.5. The summed E-state index contributed by atoms with van der Waals surface area (Å²) in [6.45, 7) is 11.6. The number of fused-ring (bicyclic) bond motifs is 1.